The molecule has 4 nitrogen and oxygen atoms in total. The molecule has 2 aromatic carbocycles. The lowest BCUT2D eigenvalue weighted by atomic mass is 10.1. The second kappa shape index (κ2) is 4.85. The number of ether oxygens (including phenoxy) is 1. The van der Waals surface area contributed by atoms with Crippen LogP contribution < -0.4 is 15.4 Å². The van der Waals surface area contributed by atoms with Crippen molar-refractivity contribution in [3.8, 4) is 5.75 Å². The van der Waals surface area contributed by atoms with Gasteiger partial charge in [0.2, 0.25) is 0 Å². The minimum atomic E-state index is -0.533. The van der Waals surface area contributed by atoms with E-state index < -0.39 is 11.7 Å². The summed E-state index contributed by atoms with van der Waals surface area (Å²) in [5, 5.41) is 0. The first-order chi connectivity index (χ1) is 9.66. The Kier molecular flexibility index (Phi) is 3.02. The maximum atomic E-state index is 13.7. The molecule has 0 spiro atoms. The van der Waals surface area contributed by atoms with E-state index in [2.05, 4.69) is 0 Å². The molecule has 20 heavy (non-hydrogen) atoms. The molecule has 0 fully saturated rings. The Morgan fingerprint density at radius 2 is 2.05 bits per heavy atom. The summed E-state index contributed by atoms with van der Waals surface area (Å²) < 4.78 is 19.2. The normalized spacial score (nSPS) is 13.6. The minimum Gasteiger partial charge on any atom is -0.490 e. The van der Waals surface area contributed by atoms with Gasteiger partial charge in [-0.15, -0.1) is 0 Å². The number of carbonyl (C=O) groups excluding carboxylic acids is 1. The van der Waals surface area contributed by atoms with Crippen LogP contribution >= 0.6 is 0 Å². The molecular formula is C15H13FN2O2. The fourth-order valence-corrected chi connectivity index (χ4v) is 2.23. The van der Waals surface area contributed by atoms with Gasteiger partial charge in [0.25, 0.3) is 5.91 Å². The zero-order valence-electron chi connectivity index (χ0n) is 10.7. The number of hydrogen-bond acceptors (Lipinski definition) is 3. The van der Waals surface area contributed by atoms with Crippen molar-refractivity contribution in [2.24, 2.45) is 0 Å². The van der Waals surface area contributed by atoms with Gasteiger partial charge in [0, 0.05) is 5.69 Å². The van der Waals surface area contributed by atoms with Crippen LogP contribution in [0.3, 0.4) is 0 Å². The molecule has 0 bridgehead atoms. The largest absolute Gasteiger partial charge is 0.490 e. The van der Waals surface area contributed by atoms with E-state index in [9.17, 15) is 9.18 Å². The van der Waals surface area contributed by atoms with Gasteiger partial charge in [0.1, 0.15) is 18.2 Å². The number of nitrogens with two attached hydrogens (primary N) is 1. The molecule has 2 aromatic rings. The van der Waals surface area contributed by atoms with Gasteiger partial charge in [0.15, 0.2) is 0 Å². The van der Waals surface area contributed by atoms with E-state index in [-0.39, 0.29) is 5.56 Å². The maximum absolute atomic E-state index is 13.7. The van der Waals surface area contributed by atoms with Crippen LogP contribution in [0.4, 0.5) is 15.8 Å². The molecule has 5 heteroatoms. The van der Waals surface area contributed by atoms with E-state index in [1.807, 2.05) is 0 Å². The Labute approximate surface area is 115 Å². The molecule has 0 atom stereocenters. The Morgan fingerprint density at radius 3 is 2.85 bits per heavy atom. The number of fused-ring (bicyclic) bond motifs is 1. The van der Waals surface area contributed by atoms with Crippen molar-refractivity contribution in [3.05, 3.63) is 53.8 Å². The predicted octanol–water partition coefficient (Wildman–Crippen LogP) is 2.45. The Bertz CT molecular complexity index is 673. The molecule has 0 radical (unpaired) electrons. The third-order valence-electron chi connectivity index (χ3n) is 3.20. The summed E-state index contributed by atoms with van der Waals surface area (Å²) in [6.07, 6.45) is 0. The van der Waals surface area contributed by atoms with Crippen LogP contribution in [-0.4, -0.2) is 19.1 Å². The van der Waals surface area contributed by atoms with Crippen molar-refractivity contribution >= 4 is 17.3 Å². The zero-order chi connectivity index (χ0) is 14.1. The topological polar surface area (TPSA) is 55.6 Å². The highest BCUT2D eigenvalue weighted by molar-refractivity contribution is 6.07. The standard InChI is InChI=1S/C15H13FN2O2/c16-12-4-2-1-3-11(12)15(19)18-7-8-20-14-6-5-10(17)9-13(14)18/h1-6,9H,7-8,17H2. The van der Waals surface area contributed by atoms with Crippen LogP contribution in [-0.2, 0) is 0 Å². The molecule has 102 valence electrons. The molecule has 3 rings (SSSR count). The Balaban J connectivity index is 2.03. The summed E-state index contributed by atoms with van der Waals surface area (Å²) in [5.74, 6) is -0.345. The average molecular weight is 272 g/mol. The van der Waals surface area contributed by atoms with Gasteiger partial charge in [-0.2, -0.15) is 0 Å². The number of rotatable bonds is 1. The maximum Gasteiger partial charge on any atom is 0.261 e. The SMILES string of the molecule is Nc1ccc2c(c1)N(C(=O)c1ccccc1F)CCO2. The Morgan fingerprint density at radius 1 is 1.25 bits per heavy atom. The van der Waals surface area contributed by atoms with Crippen LogP contribution in [0.1, 0.15) is 10.4 Å². The van der Waals surface area contributed by atoms with Gasteiger partial charge < -0.3 is 15.4 Å². The van der Waals surface area contributed by atoms with E-state index in [0.29, 0.717) is 30.3 Å². The van der Waals surface area contributed by atoms with Crippen molar-refractivity contribution in [2.45, 2.75) is 0 Å². The van der Waals surface area contributed by atoms with Crippen LogP contribution in [0.5, 0.6) is 5.75 Å². The van der Waals surface area contributed by atoms with Crippen molar-refractivity contribution in [3.63, 3.8) is 0 Å². The van der Waals surface area contributed by atoms with E-state index in [0.717, 1.165) is 0 Å². The van der Waals surface area contributed by atoms with Crippen molar-refractivity contribution in [1.82, 2.24) is 0 Å². The van der Waals surface area contributed by atoms with Gasteiger partial charge in [0.05, 0.1) is 17.8 Å². The Hall–Kier alpha value is -2.56. The number of nitrogen functional groups attached to an aromatic ring is 1. The third-order valence-corrected chi connectivity index (χ3v) is 3.20. The van der Waals surface area contributed by atoms with Gasteiger partial charge in [-0.1, -0.05) is 12.1 Å². The van der Waals surface area contributed by atoms with Crippen molar-refractivity contribution < 1.29 is 13.9 Å². The van der Waals surface area contributed by atoms with Gasteiger partial charge in [-0.25, -0.2) is 4.39 Å². The first kappa shape index (κ1) is 12.5. The van der Waals surface area contributed by atoms with Crippen molar-refractivity contribution in [2.75, 3.05) is 23.8 Å². The van der Waals surface area contributed by atoms with E-state index >= 15 is 0 Å². The highest BCUT2D eigenvalue weighted by atomic mass is 19.1. The van der Waals surface area contributed by atoms with Crippen LogP contribution in [0, 0.1) is 5.82 Å². The molecule has 0 aliphatic carbocycles. The second-order valence-corrected chi connectivity index (χ2v) is 4.51. The zero-order valence-corrected chi connectivity index (χ0v) is 10.7. The van der Waals surface area contributed by atoms with E-state index in [1.54, 1.807) is 30.3 Å². The lowest BCUT2D eigenvalue weighted by Gasteiger charge is -2.29. The summed E-state index contributed by atoms with van der Waals surface area (Å²) >= 11 is 0. The molecule has 0 aromatic heterocycles. The molecule has 2 N–H and O–H groups in total. The lowest BCUT2D eigenvalue weighted by molar-refractivity contribution is 0.0972. The van der Waals surface area contributed by atoms with Gasteiger partial charge in [-0.3, -0.25) is 4.79 Å². The van der Waals surface area contributed by atoms with Crippen molar-refractivity contribution in [1.29, 1.82) is 0 Å². The summed E-state index contributed by atoms with van der Waals surface area (Å²) in [6, 6.07) is 11.0. The highest BCUT2D eigenvalue weighted by Crippen LogP contribution is 2.34. The van der Waals surface area contributed by atoms with Crippen LogP contribution in [0.25, 0.3) is 0 Å². The average Bonchev–Trinajstić information content (AvgIpc) is 2.46. The first-order valence-electron chi connectivity index (χ1n) is 6.25. The molecule has 0 unspecified atom stereocenters. The molecule has 0 saturated heterocycles. The number of benzene rings is 2. The smallest absolute Gasteiger partial charge is 0.261 e. The molecular weight excluding hydrogens is 259 g/mol. The first-order valence-corrected chi connectivity index (χ1v) is 6.25. The summed E-state index contributed by atoms with van der Waals surface area (Å²) in [6.45, 7) is 0.737. The number of hydrogen-bond donors (Lipinski definition) is 1. The number of nitrogens with zero attached hydrogens (tertiary/aromatic N) is 1. The molecule has 0 saturated carbocycles. The fraction of sp³-hybridized carbons (Fsp3) is 0.133. The number of amides is 1. The molecule has 1 aliphatic heterocycles. The fourth-order valence-electron chi connectivity index (χ4n) is 2.23. The number of halogens is 1. The second-order valence-electron chi connectivity index (χ2n) is 4.51. The van der Waals surface area contributed by atoms with Gasteiger partial charge in [-0.05, 0) is 30.3 Å². The van der Waals surface area contributed by atoms with Gasteiger partial charge >= 0.3 is 0 Å². The lowest BCUT2D eigenvalue weighted by Crippen LogP contribution is -2.38. The molecule has 1 amide bonds. The van der Waals surface area contributed by atoms with Crippen LogP contribution in [0.2, 0.25) is 0 Å². The molecule has 1 aliphatic rings. The highest BCUT2D eigenvalue weighted by Gasteiger charge is 2.26. The number of anilines is 2. The predicted molar refractivity (Wildman–Crippen MR) is 74.4 cm³/mol. The number of carbonyl (C=O) groups is 1. The monoisotopic (exact) mass is 272 g/mol. The summed E-state index contributed by atoms with van der Waals surface area (Å²) in [4.78, 5) is 14.0. The third kappa shape index (κ3) is 2.07. The summed E-state index contributed by atoms with van der Waals surface area (Å²) in [5.41, 5.74) is 6.89. The van der Waals surface area contributed by atoms with E-state index in [1.165, 1.54) is 17.0 Å². The van der Waals surface area contributed by atoms with E-state index in [4.69, 9.17) is 10.5 Å². The minimum absolute atomic E-state index is 0.0442. The quantitative estimate of drug-likeness (QED) is 0.811. The molecule has 1 heterocycles. The van der Waals surface area contributed by atoms with Crippen LogP contribution in [0.15, 0.2) is 42.5 Å². The summed E-state index contributed by atoms with van der Waals surface area (Å²) in [7, 11) is 0.